The Labute approximate surface area is 169 Å². The van der Waals surface area contributed by atoms with Crippen molar-refractivity contribution in [3.63, 3.8) is 0 Å². The number of hydrogen-bond donors (Lipinski definition) is 5. The van der Waals surface area contributed by atoms with Crippen LogP contribution >= 0.6 is 0 Å². The highest BCUT2D eigenvalue weighted by Crippen LogP contribution is 2.15. The van der Waals surface area contributed by atoms with Crippen LogP contribution in [-0.2, 0) is 11.3 Å². The highest BCUT2D eigenvalue weighted by molar-refractivity contribution is 5.98. The van der Waals surface area contributed by atoms with E-state index in [9.17, 15) is 9.59 Å². The van der Waals surface area contributed by atoms with Crippen LogP contribution in [0.15, 0.2) is 30.5 Å². The van der Waals surface area contributed by atoms with Crippen LogP contribution in [0.1, 0.15) is 34.3 Å². The van der Waals surface area contributed by atoms with Gasteiger partial charge >= 0.3 is 0 Å². The summed E-state index contributed by atoms with van der Waals surface area (Å²) in [5.74, 6) is 0.388. The lowest BCUT2D eigenvalue weighted by Gasteiger charge is -2.14. The van der Waals surface area contributed by atoms with Gasteiger partial charge in [-0.2, -0.15) is 4.98 Å². The van der Waals surface area contributed by atoms with Gasteiger partial charge in [0.25, 0.3) is 5.91 Å². The highest BCUT2D eigenvalue weighted by Gasteiger charge is 2.17. The first-order valence-electron chi connectivity index (χ1n) is 9.75. The van der Waals surface area contributed by atoms with E-state index in [1.807, 2.05) is 31.2 Å². The van der Waals surface area contributed by atoms with Crippen molar-refractivity contribution in [3.8, 4) is 0 Å². The Morgan fingerprint density at radius 3 is 2.72 bits per heavy atom. The molecule has 0 radical (unpaired) electrons. The molecular weight excluding hydrogens is 370 g/mol. The van der Waals surface area contributed by atoms with Crippen LogP contribution < -0.4 is 27.0 Å². The van der Waals surface area contributed by atoms with Crippen molar-refractivity contribution in [3.05, 3.63) is 47.2 Å². The van der Waals surface area contributed by atoms with Gasteiger partial charge in [0.15, 0.2) is 0 Å². The van der Waals surface area contributed by atoms with Gasteiger partial charge in [0, 0.05) is 32.4 Å². The second-order valence-corrected chi connectivity index (χ2v) is 7.02. The molecule has 1 aliphatic rings. The molecule has 2 amide bonds. The first-order chi connectivity index (χ1) is 14.0. The zero-order valence-corrected chi connectivity index (χ0v) is 16.5. The third kappa shape index (κ3) is 5.89. The largest absolute Gasteiger partial charge is 0.369 e. The number of aromatic nitrogens is 2. The Bertz CT molecular complexity index is 854. The Hall–Kier alpha value is -3.20. The Balaban J connectivity index is 1.71. The summed E-state index contributed by atoms with van der Waals surface area (Å²) in [7, 11) is 0. The summed E-state index contributed by atoms with van der Waals surface area (Å²) in [5, 5.41) is 11.9. The number of fused-ring (bicyclic) bond motifs is 2. The molecule has 2 aromatic rings. The number of hydrogen-bond acceptors (Lipinski definition) is 7. The number of aryl methyl sites for hydroxylation is 1. The number of carbonyl (C=O) groups is 2. The number of nitrogens with two attached hydrogens (primary N) is 1. The molecule has 0 aliphatic carbocycles. The molecule has 0 unspecified atom stereocenters. The molecule has 1 aromatic carbocycles. The number of carbonyl (C=O) groups excluding carboxylic acids is 2. The van der Waals surface area contributed by atoms with Gasteiger partial charge in [-0.3, -0.25) is 9.59 Å². The lowest BCUT2D eigenvalue weighted by molar-refractivity contribution is -0.122. The standard InChI is InChI=1S/C20H27N7O2/c1-13-3-5-14(6-4-13)11-25-18(28)15-12-26-20-24-9-2-8-23-19(29)16(21)7-10-22-17(15)27-20/h3-6,12,16H,2,7-11,21H2,1H3,(H,23,29)(H,25,28)(H2,22,24,26,27)/t16-/m0/s1. The van der Waals surface area contributed by atoms with Crippen molar-refractivity contribution >= 4 is 23.6 Å². The van der Waals surface area contributed by atoms with E-state index in [0.717, 1.165) is 5.56 Å². The van der Waals surface area contributed by atoms with Crippen molar-refractivity contribution in [1.82, 2.24) is 20.6 Å². The normalized spacial score (nSPS) is 17.4. The molecule has 0 saturated heterocycles. The van der Waals surface area contributed by atoms with Gasteiger partial charge in [0.2, 0.25) is 11.9 Å². The van der Waals surface area contributed by atoms with Crippen LogP contribution in [0.25, 0.3) is 0 Å². The first-order valence-corrected chi connectivity index (χ1v) is 9.75. The molecule has 6 N–H and O–H groups in total. The summed E-state index contributed by atoms with van der Waals surface area (Å²) < 4.78 is 0. The predicted octanol–water partition coefficient (Wildman–Crippen LogP) is 0.776. The maximum absolute atomic E-state index is 12.7. The van der Waals surface area contributed by atoms with Crippen LogP contribution in [0.5, 0.6) is 0 Å². The van der Waals surface area contributed by atoms with E-state index in [2.05, 4.69) is 31.2 Å². The fraction of sp³-hybridized carbons (Fsp3) is 0.400. The van der Waals surface area contributed by atoms with Crippen LogP contribution in [0, 0.1) is 6.92 Å². The fourth-order valence-corrected chi connectivity index (χ4v) is 2.86. The predicted molar refractivity (Wildman–Crippen MR) is 112 cm³/mol. The molecule has 0 spiro atoms. The summed E-state index contributed by atoms with van der Waals surface area (Å²) in [5.41, 5.74) is 8.43. The molecule has 1 aromatic heterocycles. The first kappa shape index (κ1) is 20.5. The van der Waals surface area contributed by atoms with Gasteiger partial charge in [-0.15, -0.1) is 0 Å². The number of nitrogens with zero attached hydrogens (tertiary/aromatic N) is 2. The Morgan fingerprint density at radius 1 is 1.17 bits per heavy atom. The topological polar surface area (TPSA) is 134 Å². The molecule has 3 rings (SSSR count). The monoisotopic (exact) mass is 397 g/mol. The number of rotatable bonds is 3. The molecule has 1 atom stereocenters. The van der Waals surface area contributed by atoms with Crippen molar-refractivity contribution in [2.75, 3.05) is 30.3 Å². The van der Waals surface area contributed by atoms with Gasteiger partial charge in [-0.1, -0.05) is 29.8 Å². The van der Waals surface area contributed by atoms with E-state index in [1.54, 1.807) is 0 Å². The average molecular weight is 397 g/mol. The molecular formula is C20H27N7O2. The number of benzene rings is 1. The van der Waals surface area contributed by atoms with Crippen molar-refractivity contribution in [2.45, 2.75) is 32.4 Å². The van der Waals surface area contributed by atoms with Gasteiger partial charge in [-0.05, 0) is 25.3 Å². The van der Waals surface area contributed by atoms with Crippen molar-refractivity contribution in [1.29, 1.82) is 0 Å². The molecule has 154 valence electrons. The van der Waals surface area contributed by atoms with Crippen LogP contribution in [0.3, 0.4) is 0 Å². The van der Waals surface area contributed by atoms with Crippen LogP contribution in [0.2, 0.25) is 0 Å². The van der Waals surface area contributed by atoms with E-state index in [-0.39, 0.29) is 11.8 Å². The van der Waals surface area contributed by atoms with Crippen molar-refractivity contribution in [2.24, 2.45) is 5.73 Å². The molecule has 9 nitrogen and oxygen atoms in total. The van der Waals surface area contributed by atoms with E-state index >= 15 is 0 Å². The summed E-state index contributed by atoms with van der Waals surface area (Å²) in [6.07, 6.45) is 2.64. The number of nitrogens with one attached hydrogen (secondary N) is 4. The summed E-state index contributed by atoms with van der Waals surface area (Å²) in [6.45, 7) is 3.95. The van der Waals surface area contributed by atoms with E-state index < -0.39 is 6.04 Å². The summed E-state index contributed by atoms with van der Waals surface area (Å²) >= 11 is 0. The summed E-state index contributed by atoms with van der Waals surface area (Å²) in [6, 6.07) is 7.35. The molecule has 2 bridgehead atoms. The SMILES string of the molecule is Cc1ccc(CNC(=O)c2cnc3nc2NCC[C@H](N)C(=O)NCCCN3)cc1. The fourth-order valence-electron chi connectivity index (χ4n) is 2.86. The van der Waals surface area contributed by atoms with E-state index in [0.29, 0.717) is 56.4 Å². The minimum atomic E-state index is -0.615. The van der Waals surface area contributed by atoms with Gasteiger partial charge in [-0.25, -0.2) is 4.98 Å². The molecule has 0 fully saturated rings. The number of anilines is 2. The smallest absolute Gasteiger partial charge is 0.256 e. The quantitative estimate of drug-likeness (QED) is 0.516. The zero-order chi connectivity index (χ0) is 20.6. The lowest BCUT2D eigenvalue weighted by Crippen LogP contribution is -2.42. The Morgan fingerprint density at radius 2 is 1.93 bits per heavy atom. The molecule has 2 heterocycles. The second kappa shape index (κ2) is 9.83. The van der Waals surface area contributed by atoms with Crippen molar-refractivity contribution < 1.29 is 9.59 Å². The maximum atomic E-state index is 12.7. The number of amides is 2. The molecule has 0 saturated carbocycles. The maximum Gasteiger partial charge on any atom is 0.256 e. The van der Waals surface area contributed by atoms with E-state index in [4.69, 9.17) is 5.73 Å². The Kier molecular flexibility index (Phi) is 6.96. The molecule has 29 heavy (non-hydrogen) atoms. The molecule has 9 heteroatoms. The minimum Gasteiger partial charge on any atom is -0.369 e. The van der Waals surface area contributed by atoms with E-state index in [1.165, 1.54) is 11.8 Å². The van der Waals surface area contributed by atoms with Crippen LogP contribution in [0.4, 0.5) is 11.8 Å². The minimum absolute atomic E-state index is 0.181. The third-order valence-corrected chi connectivity index (χ3v) is 4.63. The summed E-state index contributed by atoms with van der Waals surface area (Å²) in [4.78, 5) is 33.3. The van der Waals surface area contributed by atoms with Gasteiger partial charge in [0.05, 0.1) is 6.04 Å². The van der Waals surface area contributed by atoms with Gasteiger partial charge < -0.3 is 27.0 Å². The highest BCUT2D eigenvalue weighted by atomic mass is 16.2. The lowest BCUT2D eigenvalue weighted by atomic mass is 10.1. The van der Waals surface area contributed by atoms with Crippen LogP contribution in [-0.4, -0.2) is 47.5 Å². The van der Waals surface area contributed by atoms with Gasteiger partial charge in [0.1, 0.15) is 11.4 Å². The third-order valence-electron chi connectivity index (χ3n) is 4.63. The average Bonchev–Trinajstić information content (AvgIpc) is 2.73. The molecule has 1 aliphatic heterocycles. The second-order valence-electron chi connectivity index (χ2n) is 7.02. The zero-order valence-electron chi connectivity index (χ0n) is 16.5.